The van der Waals surface area contributed by atoms with E-state index in [1.807, 2.05) is 0 Å². The molecule has 26 heavy (non-hydrogen) atoms. The van der Waals surface area contributed by atoms with Crippen LogP contribution in [0.2, 0.25) is 0 Å². The number of ether oxygens (including phenoxy) is 2. The molecule has 0 radical (unpaired) electrons. The van der Waals surface area contributed by atoms with E-state index in [0.717, 1.165) is 12.2 Å². The van der Waals surface area contributed by atoms with E-state index < -0.39 is 11.9 Å². The molecule has 2 aromatic carbocycles. The van der Waals surface area contributed by atoms with Crippen LogP contribution in [0, 0.1) is 0 Å². The normalized spacial score (nSPS) is 10.8. The molecule has 0 bridgehead atoms. The summed E-state index contributed by atoms with van der Waals surface area (Å²) >= 11 is 12.6. The molecule has 0 aromatic heterocycles. The van der Waals surface area contributed by atoms with Crippen LogP contribution in [0.3, 0.4) is 0 Å². The molecule has 0 heterocycles. The second kappa shape index (κ2) is 9.03. The summed E-state index contributed by atoms with van der Waals surface area (Å²) in [4.78, 5) is 23.6. The zero-order chi connectivity index (χ0) is 19.4. The van der Waals surface area contributed by atoms with Crippen LogP contribution in [0.5, 0.6) is 23.0 Å². The van der Waals surface area contributed by atoms with Crippen molar-refractivity contribution in [1.29, 1.82) is 0 Å². The van der Waals surface area contributed by atoms with Gasteiger partial charge in [-0.3, -0.25) is 0 Å². The summed E-state index contributed by atoms with van der Waals surface area (Å²) in [6.45, 7) is 0. The van der Waals surface area contributed by atoms with Gasteiger partial charge in [0.1, 0.15) is 0 Å². The predicted molar refractivity (Wildman–Crippen MR) is 107 cm³/mol. The lowest BCUT2D eigenvalue weighted by atomic mass is 10.3. The summed E-state index contributed by atoms with van der Waals surface area (Å²) < 4.78 is 11.7. The first-order valence-corrected chi connectivity index (χ1v) is 9.82. The molecule has 0 saturated carbocycles. The number of halogens is 4. The second-order valence-corrected chi connectivity index (χ2v) is 8.18. The van der Waals surface area contributed by atoms with Gasteiger partial charge in [0.15, 0.2) is 23.0 Å². The van der Waals surface area contributed by atoms with E-state index in [4.69, 9.17) is 9.47 Å². The topological polar surface area (TPSA) is 93.1 Å². The van der Waals surface area contributed by atoms with Crippen molar-refractivity contribution in [3.8, 4) is 23.0 Å². The van der Waals surface area contributed by atoms with Crippen LogP contribution >= 0.6 is 63.7 Å². The molecule has 10 heteroatoms. The first kappa shape index (κ1) is 20.9. The zero-order valence-electron chi connectivity index (χ0n) is 12.5. The van der Waals surface area contributed by atoms with Gasteiger partial charge in [-0.1, -0.05) is 31.9 Å². The van der Waals surface area contributed by atoms with Crippen molar-refractivity contribution in [2.75, 3.05) is 0 Å². The van der Waals surface area contributed by atoms with Crippen molar-refractivity contribution >= 4 is 75.7 Å². The Bertz CT molecular complexity index is 837. The summed E-state index contributed by atoms with van der Waals surface area (Å²) in [5, 5.41) is 19.7. The molecule has 2 aromatic rings. The van der Waals surface area contributed by atoms with Crippen molar-refractivity contribution in [3.63, 3.8) is 0 Å². The van der Waals surface area contributed by atoms with E-state index in [0.29, 0.717) is 17.9 Å². The highest BCUT2D eigenvalue weighted by atomic mass is 79.9. The van der Waals surface area contributed by atoms with Crippen LogP contribution in [0.15, 0.2) is 54.3 Å². The van der Waals surface area contributed by atoms with Gasteiger partial charge in [-0.2, -0.15) is 0 Å². The van der Waals surface area contributed by atoms with E-state index in [1.54, 1.807) is 12.1 Å². The third-order valence-electron chi connectivity index (χ3n) is 2.76. The highest BCUT2D eigenvalue weighted by Crippen LogP contribution is 2.38. The Morgan fingerprint density at radius 1 is 0.731 bits per heavy atom. The van der Waals surface area contributed by atoms with E-state index in [2.05, 4.69) is 63.7 Å². The quantitative estimate of drug-likeness (QED) is 0.279. The third-order valence-corrected chi connectivity index (χ3v) is 4.89. The molecule has 6 nitrogen and oxygen atoms in total. The largest absolute Gasteiger partial charge is 0.503 e. The average Bonchev–Trinajstić information content (AvgIpc) is 2.55. The van der Waals surface area contributed by atoms with Gasteiger partial charge >= 0.3 is 11.9 Å². The maximum absolute atomic E-state index is 11.8. The summed E-state index contributed by atoms with van der Waals surface area (Å²) in [6, 6.07) is 5.92. The Hall–Kier alpha value is -1.36. The van der Waals surface area contributed by atoms with Crippen molar-refractivity contribution in [2.45, 2.75) is 0 Å². The van der Waals surface area contributed by atoms with E-state index in [-0.39, 0.29) is 23.0 Å². The number of carbonyl (C=O) groups excluding carboxylic acids is 2. The van der Waals surface area contributed by atoms with Crippen LogP contribution in [-0.4, -0.2) is 22.2 Å². The molecule has 2 rings (SSSR count). The number of phenols is 2. The number of carbonyl (C=O) groups is 2. The molecular weight excluding hydrogens is 608 g/mol. The Labute approximate surface area is 181 Å². The zero-order valence-corrected chi connectivity index (χ0v) is 18.8. The van der Waals surface area contributed by atoms with Crippen LogP contribution < -0.4 is 9.47 Å². The standard InChI is InChI=1S/C16H8Br4O6/c17-7-3-9(19)15(23)11(5-7)25-13(21)1-2-14(22)26-12-6-8(18)4-10(20)16(12)24/h1-6,23-24H/b2-1+. The van der Waals surface area contributed by atoms with E-state index in [1.165, 1.54) is 12.1 Å². The Morgan fingerprint density at radius 2 is 1.08 bits per heavy atom. The van der Waals surface area contributed by atoms with Crippen molar-refractivity contribution in [3.05, 3.63) is 54.3 Å². The fourth-order valence-electron chi connectivity index (χ4n) is 1.66. The molecule has 136 valence electrons. The van der Waals surface area contributed by atoms with Crippen LogP contribution in [0.25, 0.3) is 0 Å². The van der Waals surface area contributed by atoms with Gasteiger partial charge < -0.3 is 19.7 Å². The minimum atomic E-state index is -0.901. The molecule has 0 atom stereocenters. The molecule has 0 aliphatic rings. The number of benzene rings is 2. The first-order chi connectivity index (χ1) is 12.2. The number of hydrogen-bond acceptors (Lipinski definition) is 6. The molecule has 0 aliphatic carbocycles. The van der Waals surface area contributed by atoms with Gasteiger partial charge in [0, 0.05) is 21.1 Å². The third kappa shape index (κ3) is 5.57. The van der Waals surface area contributed by atoms with E-state index >= 15 is 0 Å². The van der Waals surface area contributed by atoms with E-state index in [9.17, 15) is 19.8 Å². The lowest BCUT2D eigenvalue weighted by Gasteiger charge is -2.07. The number of esters is 2. The predicted octanol–water partition coefficient (Wildman–Crippen LogP) is 5.22. The average molecular weight is 616 g/mol. The minimum Gasteiger partial charge on any atom is -0.503 e. The molecule has 0 unspecified atom stereocenters. The lowest BCUT2D eigenvalue weighted by Crippen LogP contribution is -2.08. The fourth-order valence-corrected chi connectivity index (χ4v) is 4.03. The molecule has 0 spiro atoms. The summed E-state index contributed by atoms with van der Waals surface area (Å²) in [5.74, 6) is -2.52. The van der Waals surface area contributed by atoms with Gasteiger partial charge in [-0.05, 0) is 56.1 Å². The number of aromatic hydroxyl groups is 2. The highest BCUT2D eigenvalue weighted by Gasteiger charge is 2.14. The summed E-state index contributed by atoms with van der Waals surface area (Å²) in [7, 11) is 0. The van der Waals surface area contributed by atoms with Crippen molar-refractivity contribution in [2.24, 2.45) is 0 Å². The Morgan fingerprint density at radius 3 is 1.42 bits per heavy atom. The monoisotopic (exact) mass is 612 g/mol. The number of rotatable bonds is 4. The van der Waals surface area contributed by atoms with Crippen LogP contribution in [0.1, 0.15) is 0 Å². The van der Waals surface area contributed by atoms with Crippen molar-refractivity contribution in [1.82, 2.24) is 0 Å². The molecule has 2 N–H and O–H groups in total. The van der Waals surface area contributed by atoms with Crippen LogP contribution in [-0.2, 0) is 9.59 Å². The maximum atomic E-state index is 11.8. The summed E-state index contributed by atoms with van der Waals surface area (Å²) in [6.07, 6.45) is 1.67. The number of hydrogen-bond donors (Lipinski definition) is 2. The summed E-state index contributed by atoms with van der Waals surface area (Å²) in [5.41, 5.74) is 0. The van der Waals surface area contributed by atoms with Gasteiger partial charge in [-0.15, -0.1) is 0 Å². The number of phenolic OH excluding ortho intramolecular Hbond substituents is 2. The molecule has 0 saturated heterocycles. The fraction of sp³-hybridized carbons (Fsp3) is 0. The van der Waals surface area contributed by atoms with Gasteiger partial charge in [-0.25, -0.2) is 9.59 Å². The smallest absolute Gasteiger partial charge is 0.336 e. The molecular formula is C16H8Br4O6. The second-order valence-electron chi connectivity index (χ2n) is 4.64. The Kier molecular flexibility index (Phi) is 7.27. The van der Waals surface area contributed by atoms with Gasteiger partial charge in [0.25, 0.3) is 0 Å². The Balaban J connectivity index is 2.06. The lowest BCUT2D eigenvalue weighted by molar-refractivity contribution is -0.131. The first-order valence-electron chi connectivity index (χ1n) is 6.65. The van der Waals surface area contributed by atoms with Crippen LogP contribution in [0.4, 0.5) is 0 Å². The van der Waals surface area contributed by atoms with Gasteiger partial charge in [0.2, 0.25) is 0 Å². The molecule has 0 aliphatic heterocycles. The SMILES string of the molecule is O=C(/C=C/C(=O)Oc1cc(Br)cc(Br)c1O)Oc1cc(Br)cc(Br)c1O. The highest BCUT2D eigenvalue weighted by molar-refractivity contribution is 9.11. The minimum absolute atomic E-state index is 0.0946. The van der Waals surface area contributed by atoms with Crippen molar-refractivity contribution < 1.29 is 29.3 Å². The molecule has 0 fully saturated rings. The van der Waals surface area contributed by atoms with Gasteiger partial charge in [0.05, 0.1) is 8.95 Å². The molecule has 0 amide bonds. The maximum Gasteiger partial charge on any atom is 0.336 e.